The molecule has 0 radical (unpaired) electrons. The van der Waals surface area contributed by atoms with Gasteiger partial charge in [0, 0.05) is 22.6 Å². The number of nitrogens with zero attached hydrogens (tertiary/aromatic N) is 1. The van der Waals surface area contributed by atoms with Crippen molar-refractivity contribution in [1.29, 1.82) is 0 Å². The Kier molecular flexibility index (Phi) is 4.20. The van der Waals surface area contributed by atoms with Gasteiger partial charge in [-0.2, -0.15) is 0 Å². The van der Waals surface area contributed by atoms with Crippen molar-refractivity contribution in [3.63, 3.8) is 0 Å². The first kappa shape index (κ1) is 11.8. The molecule has 0 aliphatic carbocycles. The summed E-state index contributed by atoms with van der Waals surface area (Å²) in [5.41, 5.74) is 6.73. The summed E-state index contributed by atoms with van der Waals surface area (Å²) in [6.45, 7) is 0.545. The molecule has 0 aliphatic rings. The molecular weight excluding hydrogens is 219 g/mol. The van der Waals surface area contributed by atoms with E-state index in [0.717, 1.165) is 5.56 Å². The summed E-state index contributed by atoms with van der Waals surface area (Å²) >= 11 is 11.8. The monoisotopic (exact) mass is 232 g/mol. The molecule has 0 saturated heterocycles. The van der Waals surface area contributed by atoms with Crippen LogP contribution in [0.25, 0.3) is 0 Å². The van der Waals surface area contributed by atoms with Crippen molar-refractivity contribution in [1.82, 2.24) is 4.90 Å². The van der Waals surface area contributed by atoms with E-state index in [1.165, 1.54) is 0 Å². The highest BCUT2D eigenvalue weighted by atomic mass is 35.5. The van der Waals surface area contributed by atoms with Crippen molar-refractivity contribution >= 4 is 23.2 Å². The van der Waals surface area contributed by atoms with Gasteiger partial charge in [0.2, 0.25) is 0 Å². The fraction of sp³-hybridized carbons (Fsp3) is 0.400. The Morgan fingerprint density at radius 1 is 1.21 bits per heavy atom. The Hall–Kier alpha value is -0.280. The van der Waals surface area contributed by atoms with Gasteiger partial charge in [-0.3, -0.25) is 0 Å². The molecule has 78 valence electrons. The molecule has 2 N–H and O–H groups in total. The zero-order chi connectivity index (χ0) is 10.7. The van der Waals surface area contributed by atoms with Crippen LogP contribution in [0.1, 0.15) is 11.6 Å². The molecule has 1 atom stereocenters. The third kappa shape index (κ3) is 2.85. The number of hydrogen-bond acceptors (Lipinski definition) is 2. The molecule has 2 nitrogen and oxygen atoms in total. The van der Waals surface area contributed by atoms with Crippen LogP contribution < -0.4 is 5.73 Å². The average Bonchev–Trinajstić information content (AvgIpc) is 2.02. The van der Waals surface area contributed by atoms with Gasteiger partial charge >= 0.3 is 0 Å². The smallest absolute Gasteiger partial charge is 0.0465 e. The second kappa shape index (κ2) is 4.99. The molecule has 0 amide bonds. The lowest BCUT2D eigenvalue weighted by Crippen LogP contribution is -2.27. The zero-order valence-electron chi connectivity index (χ0n) is 8.30. The Balaban J connectivity index is 3.04. The van der Waals surface area contributed by atoms with Crippen LogP contribution in [0.2, 0.25) is 10.0 Å². The summed E-state index contributed by atoms with van der Waals surface area (Å²) in [5.74, 6) is 0. The van der Waals surface area contributed by atoms with Gasteiger partial charge in [-0.1, -0.05) is 23.2 Å². The van der Waals surface area contributed by atoms with Gasteiger partial charge in [0.25, 0.3) is 0 Å². The summed E-state index contributed by atoms with van der Waals surface area (Å²) in [7, 11) is 3.96. The molecule has 0 fully saturated rings. The van der Waals surface area contributed by atoms with Crippen LogP contribution in [-0.4, -0.2) is 25.5 Å². The van der Waals surface area contributed by atoms with Crippen LogP contribution in [-0.2, 0) is 0 Å². The lowest BCUT2D eigenvalue weighted by Gasteiger charge is -2.23. The Bertz CT molecular complexity index is 293. The molecule has 1 aromatic carbocycles. The first-order valence-corrected chi connectivity index (χ1v) is 5.12. The van der Waals surface area contributed by atoms with Crippen LogP contribution in [0.4, 0.5) is 0 Å². The number of likely N-dealkylation sites (N-methyl/N-ethyl adjacent to an activating group) is 1. The fourth-order valence-electron chi connectivity index (χ4n) is 1.41. The minimum Gasteiger partial charge on any atom is -0.329 e. The van der Waals surface area contributed by atoms with Crippen molar-refractivity contribution in [2.24, 2.45) is 5.73 Å². The molecular formula is C10H14Cl2N2. The first-order valence-electron chi connectivity index (χ1n) is 4.37. The average molecular weight is 233 g/mol. The maximum atomic E-state index is 5.91. The lowest BCUT2D eigenvalue weighted by molar-refractivity contribution is 0.306. The van der Waals surface area contributed by atoms with E-state index in [4.69, 9.17) is 28.9 Å². The van der Waals surface area contributed by atoms with Gasteiger partial charge in [-0.15, -0.1) is 0 Å². The van der Waals surface area contributed by atoms with Crippen LogP contribution in [0.15, 0.2) is 18.2 Å². The number of nitrogens with two attached hydrogens (primary N) is 1. The molecule has 0 aromatic heterocycles. The summed E-state index contributed by atoms with van der Waals surface area (Å²) in [5, 5.41) is 1.29. The highest BCUT2D eigenvalue weighted by Crippen LogP contribution is 2.25. The van der Waals surface area contributed by atoms with Crippen LogP contribution in [0, 0.1) is 0 Å². The molecule has 0 spiro atoms. The second-order valence-electron chi connectivity index (χ2n) is 3.42. The number of halogens is 2. The standard InChI is InChI=1S/C10H14Cl2N2/c1-14(2)10(6-13)7-3-8(11)5-9(12)4-7/h3-5,10H,6,13H2,1-2H3. The summed E-state index contributed by atoms with van der Waals surface area (Å²) < 4.78 is 0. The van der Waals surface area contributed by atoms with Gasteiger partial charge < -0.3 is 10.6 Å². The predicted octanol–water partition coefficient (Wildman–Crippen LogP) is 2.55. The van der Waals surface area contributed by atoms with E-state index in [1.54, 1.807) is 6.07 Å². The molecule has 0 heterocycles. The van der Waals surface area contributed by atoms with Gasteiger partial charge in [-0.05, 0) is 37.9 Å². The minimum atomic E-state index is 0.159. The highest BCUT2D eigenvalue weighted by Gasteiger charge is 2.12. The van der Waals surface area contributed by atoms with E-state index in [2.05, 4.69) is 0 Å². The summed E-state index contributed by atoms with van der Waals surface area (Å²) in [4.78, 5) is 2.04. The zero-order valence-corrected chi connectivity index (χ0v) is 9.81. The molecule has 1 rings (SSSR count). The Labute approximate surface area is 94.6 Å². The molecule has 1 unspecified atom stereocenters. The maximum absolute atomic E-state index is 5.91. The maximum Gasteiger partial charge on any atom is 0.0465 e. The largest absolute Gasteiger partial charge is 0.329 e. The van der Waals surface area contributed by atoms with E-state index < -0.39 is 0 Å². The van der Waals surface area contributed by atoms with E-state index in [0.29, 0.717) is 16.6 Å². The van der Waals surface area contributed by atoms with E-state index in [9.17, 15) is 0 Å². The van der Waals surface area contributed by atoms with Crippen molar-refractivity contribution in [3.05, 3.63) is 33.8 Å². The quantitative estimate of drug-likeness (QED) is 0.869. The normalized spacial score (nSPS) is 13.3. The number of benzene rings is 1. The van der Waals surface area contributed by atoms with Crippen molar-refractivity contribution in [3.8, 4) is 0 Å². The summed E-state index contributed by atoms with van der Waals surface area (Å²) in [6.07, 6.45) is 0. The first-order chi connectivity index (χ1) is 6.54. The third-order valence-electron chi connectivity index (χ3n) is 2.12. The number of rotatable bonds is 3. The Morgan fingerprint density at radius 3 is 2.07 bits per heavy atom. The van der Waals surface area contributed by atoms with Gasteiger partial charge in [0.15, 0.2) is 0 Å². The topological polar surface area (TPSA) is 29.3 Å². The van der Waals surface area contributed by atoms with Crippen molar-refractivity contribution in [2.45, 2.75) is 6.04 Å². The molecule has 4 heteroatoms. The molecule has 0 aliphatic heterocycles. The third-order valence-corrected chi connectivity index (χ3v) is 2.55. The van der Waals surface area contributed by atoms with Gasteiger partial charge in [-0.25, -0.2) is 0 Å². The minimum absolute atomic E-state index is 0.159. The van der Waals surface area contributed by atoms with Crippen LogP contribution in [0.5, 0.6) is 0 Å². The van der Waals surface area contributed by atoms with Crippen LogP contribution in [0.3, 0.4) is 0 Å². The highest BCUT2D eigenvalue weighted by molar-refractivity contribution is 6.34. The lowest BCUT2D eigenvalue weighted by atomic mass is 10.1. The molecule has 0 bridgehead atoms. The predicted molar refractivity (Wildman–Crippen MR) is 61.9 cm³/mol. The van der Waals surface area contributed by atoms with Crippen molar-refractivity contribution < 1.29 is 0 Å². The van der Waals surface area contributed by atoms with Crippen LogP contribution >= 0.6 is 23.2 Å². The second-order valence-corrected chi connectivity index (χ2v) is 4.29. The van der Waals surface area contributed by atoms with E-state index in [1.807, 2.05) is 31.1 Å². The SMILES string of the molecule is CN(C)C(CN)c1cc(Cl)cc(Cl)c1. The van der Waals surface area contributed by atoms with Crippen molar-refractivity contribution in [2.75, 3.05) is 20.6 Å². The van der Waals surface area contributed by atoms with E-state index >= 15 is 0 Å². The number of hydrogen-bond donors (Lipinski definition) is 1. The molecule has 1 aromatic rings. The fourth-order valence-corrected chi connectivity index (χ4v) is 1.96. The Morgan fingerprint density at radius 2 is 1.71 bits per heavy atom. The molecule has 0 saturated carbocycles. The molecule has 14 heavy (non-hydrogen) atoms. The van der Waals surface area contributed by atoms with Gasteiger partial charge in [0.1, 0.15) is 0 Å². The van der Waals surface area contributed by atoms with E-state index in [-0.39, 0.29) is 6.04 Å². The summed E-state index contributed by atoms with van der Waals surface area (Å²) in [6, 6.07) is 5.66. The van der Waals surface area contributed by atoms with Gasteiger partial charge in [0.05, 0.1) is 0 Å².